The van der Waals surface area contributed by atoms with E-state index in [0.717, 1.165) is 0 Å². The molecule has 13 nitrogen and oxygen atoms in total. The van der Waals surface area contributed by atoms with Gasteiger partial charge in [-0.1, -0.05) is 11.3 Å². The summed E-state index contributed by atoms with van der Waals surface area (Å²) in [5.74, 6) is -4.15. The Kier molecular flexibility index (Phi) is 8.24. The van der Waals surface area contributed by atoms with Crippen LogP contribution in [0.5, 0.6) is 0 Å². The van der Waals surface area contributed by atoms with Gasteiger partial charge in [0.15, 0.2) is 0 Å². The lowest BCUT2D eigenvalue weighted by molar-refractivity contribution is -0.192. The van der Waals surface area contributed by atoms with Gasteiger partial charge in [-0.15, -0.1) is 5.10 Å². The lowest BCUT2D eigenvalue weighted by Crippen LogP contribution is -2.45. The summed E-state index contributed by atoms with van der Waals surface area (Å²) in [6, 6.07) is 6.30. The van der Waals surface area contributed by atoms with E-state index in [9.17, 15) is 22.8 Å². The van der Waals surface area contributed by atoms with Crippen molar-refractivity contribution in [2.45, 2.75) is 18.2 Å². The Labute approximate surface area is 206 Å². The summed E-state index contributed by atoms with van der Waals surface area (Å²) >= 11 is 0. The van der Waals surface area contributed by atoms with Gasteiger partial charge in [-0.3, -0.25) is 9.89 Å². The van der Waals surface area contributed by atoms with Crippen molar-refractivity contribution in [2.24, 2.45) is 0 Å². The van der Waals surface area contributed by atoms with Gasteiger partial charge < -0.3 is 25.0 Å². The fourth-order valence-electron chi connectivity index (χ4n) is 3.24. The highest BCUT2D eigenvalue weighted by Crippen LogP contribution is 2.23. The molecule has 1 atom stereocenters. The summed E-state index contributed by atoms with van der Waals surface area (Å²) in [4.78, 5) is 32.8. The third-order valence-corrected chi connectivity index (χ3v) is 5.31. The summed E-state index contributed by atoms with van der Waals surface area (Å²) in [6.45, 7) is 1.31. The first kappa shape index (κ1) is 27.3. The van der Waals surface area contributed by atoms with E-state index in [1.807, 2.05) is 0 Å². The molecule has 1 aliphatic heterocycles. The van der Waals surface area contributed by atoms with E-state index in [4.69, 9.17) is 24.5 Å². The van der Waals surface area contributed by atoms with E-state index in [1.165, 1.54) is 23.0 Å². The topological polar surface area (TPSA) is 182 Å². The fourth-order valence-corrected chi connectivity index (χ4v) is 3.24. The molecule has 0 aliphatic carbocycles. The molecule has 3 heterocycles. The number of H-pyrrole nitrogens is 1. The molecule has 37 heavy (non-hydrogen) atoms. The maximum Gasteiger partial charge on any atom is 0.490 e. The van der Waals surface area contributed by atoms with Crippen molar-refractivity contribution in [1.29, 1.82) is 0 Å². The Hall–Kier alpha value is -4.31. The van der Waals surface area contributed by atoms with Crippen LogP contribution in [0.1, 0.15) is 27.3 Å². The highest BCUT2D eigenvalue weighted by Gasteiger charge is 2.38. The number of nitrogens with one attached hydrogen (secondary N) is 2. The Balaban J connectivity index is 0.000000479. The molecule has 0 radical (unpaired) electrons. The van der Waals surface area contributed by atoms with E-state index in [1.54, 1.807) is 25.4 Å². The number of hydrogen-bond acceptors (Lipinski definition) is 8. The van der Waals surface area contributed by atoms with Crippen molar-refractivity contribution in [1.82, 2.24) is 30.5 Å². The molecular formula is C21H21F3N6O7. The average Bonchev–Trinajstić information content (AvgIpc) is 3.63. The van der Waals surface area contributed by atoms with Crippen LogP contribution < -0.4 is 5.32 Å². The summed E-state index contributed by atoms with van der Waals surface area (Å²) in [7, 11) is 1.60. The van der Waals surface area contributed by atoms with E-state index in [2.05, 4.69) is 25.8 Å². The second kappa shape index (κ2) is 11.2. The number of nitrogens with zero attached hydrogens (tertiary/aromatic N) is 4. The normalized spacial score (nSPS) is 17.1. The number of aromatic nitrogens is 5. The lowest BCUT2D eigenvalue weighted by atomic mass is 10.0. The molecule has 4 N–H and O–H groups in total. The van der Waals surface area contributed by atoms with E-state index in [0.29, 0.717) is 43.1 Å². The predicted molar refractivity (Wildman–Crippen MR) is 117 cm³/mol. The molecule has 1 aliphatic rings. The number of alkyl halides is 3. The van der Waals surface area contributed by atoms with E-state index < -0.39 is 23.7 Å². The van der Waals surface area contributed by atoms with Gasteiger partial charge in [0.1, 0.15) is 17.0 Å². The number of carbonyl (C=O) groups excluding carboxylic acids is 1. The Morgan fingerprint density at radius 2 is 2.03 bits per heavy atom. The number of methoxy groups -OCH3 is 1. The summed E-state index contributed by atoms with van der Waals surface area (Å²) in [5.41, 5.74) is 1.27. The number of benzene rings is 1. The smallest absolute Gasteiger partial charge is 0.478 e. The molecule has 1 fully saturated rings. The molecule has 2 aromatic heterocycles. The fraction of sp³-hybridized carbons (Fsp3) is 0.333. The zero-order valence-corrected chi connectivity index (χ0v) is 19.2. The molecule has 198 valence electrons. The number of aromatic amines is 1. The molecule has 0 saturated carbocycles. The van der Waals surface area contributed by atoms with Crippen molar-refractivity contribution in [3.8, 4) is 16.9 Å². The summed E-state index contributed by atoms with van der Waals surface area (Å²) in [5, 5.41) is 33.9. The zero-order chi connectivity index (χ0) is 27.2. The number of hydrogen-bond donors (Lipinski definition) is 4. The van der Waals surface area contributed by atoms with Crippen molar-refractivity contribution < 1.29 is 47.2 Å². The number of rotatable bonds is 7. The molecule has 1 amide bonds. The third-order valence-electron chi connectivity index (χ3n) is 5.31. The molecule has 1 unspecified atom stereocenters. The first-order valence-corrected chi connectivity index (χ1v) is 10.5. The highest BCUT2D eigenvalue weighted by molar-refractivity contribution is 5.98. The van der Waals surface area contributed by atoms with Crippen molar-refractivity contribution in [3.05, 3.63) is 47.9 Å². The number of carboxylic acids is 2. The molecule has 0 spiro atoms. The van der Waals surface area contributed by atoms with Gasteiger partial charge >= 0.3 is 18.1 Å². The van der Waals surface area contributed by atoms with Crippen molar-refractivity contribution in [2.75, 3.05) is 26.9 Å². The molecule has 1 aromatic carbocycles. The molecule has 0 bridgehead atoms. The number of aliphatic carboxylic acids is 1. The van der Waals surface area contributed by atoms with E-state index in [-0.39, 0.29) is 17.2 Å². The molecule has 4 rings (SSSR count). The molecule has 16 heteroatoms. The standard InChI is InChI=1S/C19H20N6O5.C2HF3O2/c1-29-19(5-6-30-11-19)10-20-17(26)16-14(8-21-23-16)15-9-25(24-22-15)13-4-2-3-12(7-13)18(27)28;3-2(4,5)1(6)7/h2-4,7-9H,5-6,10-11H2,1H3,(H,20,26)(H,21,23)(H,27,28);(H,6,7). The van der Waals surface area contributed by atoms with Gasteiger partial charge in [0.2, 0.25) is 0 Å². The Morgan fingerprint density at radius 1 is 1.30 bits per heavy atom. The number of carboxylic acid groups (broad SMARTS) is 2. The highest BCUT2D eigenvalue weighted by atomic mass is 19.4. The number of carbonyl (C=O) groups is 3. The predicted octanol–water partition coefficient (Wildman–Crippen LogP) is 1.52. The van der Waals surface area contributed by atoms with Crippen LogP contribution in [0.25, 0.3) is 16.9 Å². The van der Waals surface area contributed by atoms with Crippen molar-refractivity contribution in [3.63, 3.8) is 0 Å². The van der Waals surface area contributed by atoms with Gasteiger partial charge in [-0.2, -0.15) is 18.3 Å². The van der Waals surface area contributed by atoms with Crippen LogP contribution in [-0.2, 0) is 14.3 Å². The van der Waals surface area contributed by atoms with Gasteiger partial charge in [0, 0.05) is 26.7 Å². The Bertz CT molecular complexity index is 1270. The third kappa shape index (κ3) is 6.68. The number of aromatic carboxylic acids is 1. The average molecular weight is 526 g/mol. The van der Waals surface area contributed by atoms with Crippen LogP contribution in [0.15, 0.2) is 36.7 Å². The van der Waals surface area contributed by atoms with Gasteiger partial charge in [0.05, 0.1) is 35.8 Å². The maximum atomic E-state index is 12.7. The van der Waals surface area contributed by atoms with Crippen LogP contribution in [0, 0.1) is 0 Å². The quantitative estimate of drug-likeness (QED) is 0.352. The van der Waals surface area contributed by atoms with Gasteiger partial charge in [0.25, 0.3) is 5.91 Å². The minimum atomic E-state index is -5.08. The second-order valence-electron chi connectivity index (χ2n) is 7.74. The van der Waals surface area contributed by atoms with Crippen LogP contribution in [0.3, 0.4) is 0 Å². The monoisotopic (exact) mass is 526 g/mol. The molecular weight excluding hydrogens is 505 g/mol. The molecule has 1 saturated heterocycles. The van der Waals surface area contributed by atoms with Crippen LogP contribution in [-0.4, -0.2) is 91.9 Å². The maximum absolute atomic E-state index is 12.7. The first-order valence-electron chi connectivity index (χ1n) is 10.5. The lowest BCUT2D eigenvalue weighted by Gasteiger charge is -2.25. The first-order chi connectivity index (χ1) is 17.5. The van der Waals surface area contributed by atoms with Crippen LogP contribution >= 0.6 is 0 Å². The Morgan fingerprint density at radius 3 is 2.62 bits per heavy atom. The largest absolute Gasteiger partial charge is 0.490 e. The summed E-state index contributed by atoms with van der Waals surface area (Å²) in [6.07, 6.45) is -1.30. The van der Waals surface area contributed by atoms with Crippen molar-refractivity contribution >= 4 is 17.8 Å². The summed E-state index contributed by atoms with van der Waals surface area (Å²) < 4.78 is 44.1. The second-order valence-corrected chi connectivity index (χ2v) is 7.74. The van der Waals surface area contributed by atoms with Crippen LogP contribution in [0.2, 0.25) is 0 Å². The molecule has 3 aromatic rings. The minimum absolute atomic E-state index is 0.135. The van der Waals surface area contributed by atoms with E-state index >= 15 is 0 Å². The number of halogens is 3. The van der Waals surface area contributed by atoms with Gasteiger partial charge in [-0.05, 0) is 18.2 Å². The number of ether oxygens (including phenoxy) is 2. The van der Waals surface area contributed by atoms with Gasteiger partial charge in [-0.25, -0.2) is 14.3 Å². The SMILES string of the molecule is COC1(CNC(=O)c2[nH]ncc2-c2cn(-c3cccc(C(=O)O)c3)nn2)CCOC1.O=C(O)C(F)(F)F. The zero-order valence-electron chi connectivity index (χ0n) is 19.2. The van der Waals surface area contributed by atoms with Crippen LogP contribution in [0.4, 0.5) is 13.2 Å². The number of amides is 1. The minimum Gasteiger partial charge on any atom is -0.478 e.